The Bertz CT molecular complexity index is 558. The highest BCUT2D eigenvalue weighted by molar-refractivity contribution is 7.88. The van der Waals surface area contributed by atoms with Gasteiger partial charge >= 0.3 is 0 Å². The van der Waals surface area contributed by atoms with E-state index < -0.39 is 10.0 Å². The van der Waals surface area contributed by atoms with Gasteiger partial charge < -0.3 is 15.8 Å². The van der Waals surface area contributed by atoms with Crippen LogP contribution in [0, 0.1) is 0 Å². The van der Waals surface area contributed by atoms with Gasteiger partial charge in [0.15, 0.2) is 0 Å². The van der Waals surface area contributed by atoms with Crippen molar-refractivity contribution in [1.29, 1.82) is 0 Å². The van der Waals surface area contributed by atoms with Gasteiger partial charge in [0.2, 0.25) is 10.0 Å². The number of thiocarbonyl (C=S) groups is 1. The molecule has 0 aliphatic carbocycles. The zero-order valence-electron chi connectivity index (χ0n) is 10.8. The fraction of sp³-hybridized carbons (Fsp3) is 0.364. The first kappa shape index (κ1) is 15.7. The second kappa shape index (κ2) is 6.69. The van der Waals surface area contributed by atoms with E-state index >= 15 is 0 Å². The van der Waals surface area contributed by atoms with Gasteiger partial charge in [-0.25, -0.2) is 13.1 Å². The molecule has 0 saturated heterocycles. The Labute approximate surface area is 118 Å². The van der Waals surface area contributed by atoms with E-state index in [1.165, 1.54) is 0 Å². The Hall–Kier alpha value is -1.38. The molecule has 0 spiro atoms. The molecule has 6 nitrogen and oxygen atoms in total. The van der Waals surface area contributed by atoms with E-state index in [2.05, 4.69) is 10.0 Å². The smallest absolute Gasteiger partial charge is 0.208 e. The number of nitrogens with one attached hydrogen (secondary N) is 2. The molecule has 0 aromatic heterocycles. The van der Waals surface area contributed by atoms with Crippen LogP contribution in [0.2, 0.25) is 0 Å². The van der Waals surface area contributed by atoms with E-state index in [0.717, 1.165) is 6.26 Å². The summed E-state index contributed by atoms with van der Waals surface area (Å²) in [5.74, 6) is 0.665. The highest BCUT2D eigenvalue weighted by Gasteiger charge is 2.07. The van der Waals surface area contributed by atoms with Crippen LogP contribution >= 0.6 is 12.2 Å². The molecule has 0 amide bonds. The van der Waals surface area contributed by atoms with Crippen LogP contribution in [0.1, 0.15) is 5.56 Å². The quantitative estimate of drug-likeness (QED) is 0.495. The van der Waals surface area contributed by atoms with Crippen molar-refractivity contribution in [1.82, 2.24) is 4.72 Å². The first-order chi connectivity index (χ1) is 8.83. The number of ether oxygens (including phenoxy) is 1. The fourth-order valence-corrected chi connectivity index (χ4v) is 2.10. The van der Waals surface area contributed by atoms with E-state index in [1.807, 2.05) is 0 Å². The van der Waals surface area contributed by atoms with Crippen LogP contribution in [0.5, 0.6) is 5.75 Å². The molecular weight excluding hydrogens is 286 g/mol. The summed E-state index contributed by atoms with van der Waals surface area (Å²) in [7, 11) is -1.62. The lowest BCUT2D eigenvalue weighted by molar-refractivity contribution is 0.415. The fourth-order valence-electron chi connectivity index (χ4n) is 1.45. The van der Waals surface area contributed by atoms with Gasteiger partial charge in [-0.15, -0.1) is 0 Å². The van der Waals surface area contributed by atoms with Crippen molar-refractivity contribution < 1.29 is 13.2 Å². The standard InChI is InChI=1S/C11H17N3O3S2/c1-17-8-3-4-9(11(12)18)10(7-8)13-5-6-14-19(2,15)16/h3-4,7,13-14H,5-6H2,1-2H3,(H2,12,18). The summed E-state index contributed by atoms with van der Waals surface area (Å²) in [4.78, 5) is 0.265. The lowest BCUT2D eigenvalue weighted by atomic mass is 10.1. The topological polar surface area (TPSA) is 93.4 Å². The van der Waals surface area contributed by atoms with Crippen LogP contribution in [0.25, 0.3) is 0 Å². The number of hydrogen-bond donors (Lipinski definition) is 3. The molecule has 8 heteroatoms. The van der Waals surface area contributed by atoms with Gasteiger partial charge in [-0.2, -0.15) is 0 Å². The summed E-state index contributed by atoms with van der Waals surface area (Å²) in [5.41, 5.74) is 7.02. The van der Waals surface area contributed by atoms with Crippen molar-refractivity contribution in [2.75, 3.05) is 31.8 Å². The largest absolute Gasteiger partial charge is 0.497 e. The Kier molecular flexibility index (Phi) is 5.52. The summed E-state index contributed by atoms with van der Waals surface area (Å²) < 4.78 is 29.3. The van der Waals surface area contributed by atoms with Gasteiger partial charge in [0, 0.05) is 30.4 Å². The molecule has 1 rings (SSSR count). The Morgan fingerprint density at radius 1 is 1.42 bits per heavy atom. The zero-order chi connectivity index (χ0) is 14.5. The molecule has 0 heterocycles. The third-order valence-corrected chi connectivity index (χ3v) is 3.25. The summed E-state index contributed by atoms with van der Waals surface area (Å²) >= 11 is 4.95. The van der Waals surface area contributed by atoms with Gasteiger partial charge in [0.1, 0.15) is 10.7 Å². The molecule has 4 N–H and O–H groups in total. The van der Waals surface area contributed by atoms with E-state index in [1.54, 1.807) is 25.3 Å². The number of anilines is 1. The molecule has 0 aliphatic heterocycles. The Morgan fingerprint density at radius 3 is 2.63 bits per heavy atom. The monoisotopic (exact) mass is 303 g/mol. The van der Waals surface area contributed by atoms with Gasteiger partial charge in [0.25, 0.3) is 0 Å². The molecule has 0 unspecified atom stereocenters. The Morgan fingerprint density at radius 2 is 2.11 bits per heavy atom. The predicted molar refractivity (Wildman–Crippen MR) is 80.2 cm³/mol. The second-order valence-electron chi connectivity index (χ2n) is 3.87. The van der Waals surface area contributed by atoms with Crippen molar-refractivity contribution in [2.24, 2.45) is 5.73 Å². The molecule has 0 atom stereocenters. The summed E-state index contributed by atoms with van der Waals surface area (Å²) in [6.07, 6.45) is 1.11. The highest BCUT2D eigenvalue weighted by atomic mass is 32.2. The maximum atomic E-state index is 10.9. The number of nitrogens with two attached hydrogens (primary N) is 1. The van der Waals surface area contributed by atoms with Gasteiger partial charge in [-0.05, 0) is 12.1 Å². The van der Waals surface area contributed by atoms with E-state index in [-0.39, 0.29) is 11.5 Å². The van der Waals surface area contributed by atoms with Crippen LogP contribution in [0.3, 0.4) is 0 Å². The molecule has 0 bridgehead atoms. The lowest BCUT2D eigenvalue weighted by Crippen LogP contribution is -2.28. The molecule has 0 aliphatic rings. The number of sulfonamides is 1. The summed E-state index contributed by atoms with van der Waals surface area (Å²) in [6, 6.07) is 5.27. The number of benzene rings is 1. The third-order valence-electron chi connectivity index (χ3n) is 2.30. The van der Waals surface area contributed by atoms with Crippen LogP contribution in [-0.2, 0) is 10.0 Å². The molecule has 0 radical (unpaired) electrons. The SMILES string of the molecule is COc1ccc(C(N)=S)c(NCCNS(C)(=O)=O)c1. The molecule has 1 aromatic rings. The Balaban J connectivity index is 2.72. The van der Waals surface area contributed by atoms with E-state index in [4.69, 9.17) is 22.7 Å². The molecule has 0 fully saturated rings. The van der Waals surface area contributed by atoms with Crippen molar-refractivity contribution in [3.63, 3.8) is 0 Å². The normalized spacial score (nSPS) is 11.1. The average Bonchev–Trinajstić information content (AvgIpc) is 2.33. The molecule has 19 heavy (non-hydrogen) atoms. The van der Waals surface area contributed by atoms with Crippen molar-refractivity contribution in [3.05, 3.63) is 23.8 Å². The molecule has 0 saturated carbocycles. The van der Waals surface area contributed by atoms with Gasteiger partial charge in [-0.3, -0.25) is 0 Å². The first-order valence-corrected chi connectivity index (χ1v) is 7.80. The van der Waals surface area contributed by atoms with Crippen molar-refractivity contribution >= 4 is 32.9 Å². The minimum Gasteiger partial charge on any atom is -0.497 e. The highest BCUT2D eigenvalue weighted by Crippen LogP contribution is 2.22. The minimum atomic E-state index is -3.18. The summed E-state index contributed by atoms with van der Waals surface area (Å²) in [6.45, 7) is 0.683. The third kappa shape index (κ3) is 5.41. The van der Waals surface area contributed by atoms with Gasteiger partial charge in [-0.1, -0.05) is 12.2 Å². The minimum absolute atomic E-state index is 0.265. The first-order valence-electron chi connectivity index (χ1n) is 5.50. The number of hydrogen-bond acceptors (Lipinski definition) is 5. The van der Waals surface area contributed by atoms with E-state index in [0.29, 0.717) is 23.5 Å². The van der Waals surface area contributed by atoms with Gasteiger partial charge in [0.05, 0.1) is 13.4 Å². The van der Waals surface area contributed by atoms with E-state index in [9.17, 15) is 8.42 Å². The summed E-state index contributed by atoms with van der Waals surface area (Å²) in [5, 5.41) is 3.07. The van der Waals surface area contributed by atoms with Crippen LogP contribution in [0.15, 0.2) is 18.2 Å². The molecule has 1 aromatic carbocycles. The van der Waals surface area contributed by atoms with Crippen LogP contribution < -0.4 is 20.5 Å². The zero-order valence-corrected chi connectivity index (χ0v) is 12.4. The predicted octanol–water partition coefficient (Wildman–Crippen LogP) is 0.290. The second-order valence-corrected chi connectivity index (χ2v) is 6.14. The maximum Gasteiger partial charge on any atom is 0.208 e. The van der Waals surface area contributed by atoms with Crippen molar-refractivity contribution in [2.45, 2.75) is 0 Å². The van der Waals surface area contributed by atoms with Crippen LogP contribution in [0.4, 0.5) is 5.69 Å². The number of rotatable bonds is 7. The number of methoxy groups -OCH3 is 1. The average molecular weight is 303 g/mol. The van der Waals surface area contributed by atoms with Crippen LogP contribution in [-0.4, -0.2) is 39.9 Å². The molecular formula is C11H17N3O3S2. The molecule has 106 valence electrons. The maximum absolute atomic E-state index is 10.9. The van der Waals surface area contributed by atoms with Crippen molar-refractivity contribution in [3.8, 4) is 5.75 Å². The lowest BCUT2D eigenvalue weighted by Gasteiger charge is -2.12.